The minimum atomic E-state index is 0.194. The molecule has 1 nitrogen and oxygen atoms in total. The van der Waals surface area contributed by atoms with Crippen LogP contribution >= 0.6 is 32.5 Å². The summed E-state index contributed by atoms with van der Waals surface area (Å²) < 4.78 is 2.98. The van der Waals surface area contributed by atoms with Crippen molar-refractivity contribution in [1.82, 2.24) is 0 Å². The minimum absolute atomic E-state index is 0.194. The van der Waals surface area contributed by atoms with E-state index in [9.17, 15) is 0 Å². The van der Waals surface area contributed by atoms with E-state index >= 15 is 0 Å². The SMILES string of the molecule is CCC[C@@H](C)CC(CSC1=C2C=CCN=CC2=ICC1)C(C)C. The topological polar surface area (TPSA) is 12.4 Å². The molecule has 0 spiro atoms. The second kappa shape index (κ2) is 10.2. The number of rotatable bonds is 8. The Morgan fingerprint density at radius 1 is 1.30 bits per heavy atom. The van der Waals surface area contributed by atoms with Gasteiger partial charge >= 0.3 is 0 Å². The van der Waals surface area contributed by atoms with Crippen LogP contribution in [0.25, 0.3) is 0 Å². The molecule has 0 aliphatic carbocycles. The summed E-state index contributed by atoms with van der Waals surface area (Å²) in [4.78, 5) is 6.15. The number of hydrogen-bond acceptors (Lipinski definition) is 2. The molecule has 0 saturated heterocycles. The van der Waals surface area contributed by atoms with Crippen LogP contribution in [0.5, 0.6) is 0 Å². The Balaban J connectivity index is 2.02. The number of thioether (sulfide) groups is 1. The molecule has 0 radical (unpaired) electrons. The van der Waals surface area contributed by atoms with Crippen molar-refractivity contribution in [2.24, 2.45) is 22.7 Å². The van der Waals surface area contributed by atoms with Gasteiger partial charge in [-0.25, -0.2) is 0 Å². The van der Waals surface area contributed by atoms with Gasteiger partial charge in [0.15, 0.2) is 0 Å². The van der Waals surface area contributed by atoms with E-state index in [0.717, 1.165) is 24.3 Å². The fourth-order valence-electron chi connectivity index (χ4n) is 3.23. The van der Waals surface area contributed by atoms with Gasteiger partial charge < -0.3 is 0 Å². The summed E-state index contributed by atoms with van der Waals surface area (Å²) >= 11 is 2.35. The molecule has 0 fully saturated rings. The van der Waals surface area contributed by atoms with E-state index in [4.69, 9.17) is 0 Å². The standard InChI is InChI=1S/C20H32INS/c1-5-7-16(4)12-17(15(2)3)14-23-20-9-10-21-19-13-22-11-6-8-18(19)20/h6,8,13,15-17H,5,7,9-12,14H2,1-4H3/t16-,17?/m1/s1. The summed E-state index contributed by atoms with van der Waals surface area (Å²) in [7, 11) is 0. The van der Waals surface area contributed by atoms with Gasteiger partial charge in [-0.05, 0) is 45.5 Å². The van der Waals surface area contributed by atoms with Gasteiger partial charge in [-0.1, -0.05) is 52.7 Å². The molecule has 0 aromatic heterocycles. The third-order valence-electron chi connectivity index (χ3n) is 4.72. The Labute approximate surface area is 157 Å². The van der Waals surface area contributed by atoms with Crippen LogP contribution in [-0.2, 0) is 0 Å². The lowest BCUT2D eigenvalue weighted by atomic mass is 9.87. The van der Waals surface area contributed by atoms with Crippen LogP contribution in [0.4, 0.5) is 0 Å². The van der Waals surface area contributed by atoms with Crippen LogP contribution in [0.15, 0.2) is 27.6 Å². The zero-order valence-corrected chi connectivity index (χ0v) is 18.1. The summed E-state index contributed by atoms with van der Waals surface area (Å²) in [6.45, 7) is 10.4. The third kappa shape index (κ3) is 6.15. The summed E-state index contributed by atoms with van der Waals surface area (Å²) in [5.41, 5.74) is 1.54. The molecule has 1 unspecified atom stereocenters. The normalized spacial score (nSPS) is 20.7. The average molecular weight is 445 g/mol. The highest BCUT2D eigenvalue weighted by molar-refractivity contribution is 14.2. The quantitative estimate of drug-likeness (QED) is 0.317. The first kappa shape index (κ1) is 19.4. The molecule has 3 heteroatoms. The summed E-state index contributed by atoms with van der Waals surface area (Å²) in [5, 5.41) is 0. The molecule has 2 atom stereocenters. The highest BCUT2D eigenvalue weighted by atomic mass is 127. The predicted molar refractivity (Wildman–Crippen MR) is 118 cm³/mol. The molecule has 130 valence electrons. The number of hydrogen-bond donors (Lipinski definition) is 0. The van der Waals surface area contributed by atoms with E-state index in [1.807, 2.05) is 0 Å². The van der Waals surface area contributed by atoms with Gasteiger partial charge in [0.2, 0.25) is 0 Å². The Hall–Kier alpha value is 0.100. The minimum Gasteiger partial charge on any atom is -0.288 e. The van der Waals surface area contributed by atoms with Crippen LogP contribution in [-0.4, -0.2) is 26.4 Å². The molecule has 23 heavy (non-hydrogen) atoms. The second-order valence-electron chi connectivity index (χ2n) is 7.10. The molecule has 0 bridgehead atoms. The summed E-state index contributed by atoms with van der Waals surface area (Å²) in [6, 6.07) is 0. The number of allylic oxidation sites excluding steroid dienone is 3. The van der Waals surface area contributed by atoms with Crippen LogP contribution in [0, 0.1) is 17.8 Å². The van der Waals surface area contributed by atoms with Crippen LogP contribution in [0.3, 0.4) is 0 Å². The van der Waals surface area contributed by atoms with Crippen molar-refractivity contribution in [1.29, 1.82) is 0 Å². The molecule has 2 heterocycles. The Bertz CT molecular complexity index is 502. The Morgan fingerprint density at radius 3 is 2.87 bits per heavy atom. The molecular weight excluding hydrogens is 413 g/mol. The molecule has 0 aromatic carbocycles. The van der Waals surface area contributed by atoms with Gasteiger partial charge in [0.1, 0.15) is 0 Å². The first-order valence-electron chi connectivity index (χ1n) is 9.10. The zero-order chi connectivity index (χ0) is 16.7. The van der Waals surface area contributed by atoms with Crippen molar-refractivity contribution < 1.29 is 0 Å². The first-order chi connectivity index (χ1) is 11.1. The molecular formula is C20H32INS. The molecule has 2 rings (SSSR count). The molecule has 0 saturated carbocycles. The highest BCUT2D eigenvalue weighted by Crippen LogP contribution is 2.36. The third-order valence-corrected chi connectivity index (χ3v) is 8.85. The number of alkyl halides is 1. The lowest BCUT2D eigenvalue weighted by Gasteiger charge is -2.25. The van der Waals surface area contributed by atoms with Crippen molar-refractivity contribution >= 4 is 42.2 Å². The average Bonchev–Trinajstić information content (AvgIpc) is 2.77. The lowest BCUT2D eigenvalue weighted by molar-refractivity contribution is 0.325. The Kier molecular flexibility index (Phi) is 8.59. The van der Waals surface area contributed by atoms with Gasteiger partial charge in [-0.3, -0.25) is 4.99 Å². The van der Waals surface area contributed by atoms with E-state index < -0.39 is 0 Å². The van der Waals surface area contributed by atoms with Gasteiger partial charge in [0.25, 0.3) is 0 Å². The number of fused-ring (bicyclic) bond motifs is 1. The fourth-order valence-corrected chi connectivity index (χ4v) is 8.00. The number of halogens is 1. The summed E-state index contributed by atoms with van der Waals surface area (Å²) in [5.74, 6) is 3.80. The van der Waals surface area contributed by atoms with Gasteiger partial charge in [-0.2, -0.15) is 0 Å². The van der Waals surface area contributed by atoms with E-state index in [1.165, 1.54) is 35.9 Å². The van der Waals surface area contributed by atoms with Crippen molar-refractivity contribution in [3.8, 4) is 0 Å². The van der Waals surface area contributed by atoms with Crippen LogP contribution in [0.2, 0.25) is 0 Å². The second-order valence-corrected chi connectivity index (χ2v) is 11.2. The van der Waals surface area contributed by atoms with Crippen molar-refractivity contribution in [3.63, 3.8) is 0 Å². The van der Waals surface area contributed by atoms with Crippen molar-refractivity contribution in [3.05, 3.63) is 22.6 Å². The van der Waals surface area contributed by atoms with Gasteiger partial charge in [-0.15, -0.1) is 32.5 Å². The molecule has 2 aliphatic heterocycles. The maximum absolute atomic E-state index is 4.51. The van der Waals surface area contributed by atoms with E-state index in [-0.39, 0.29) is 20.7 Å². The molecule has 0 amide bonds. The summed E-state index contributed by atoms with van der Waals surface area (Å²) in [6.07, 6.45) is 12.2. The van der Waals surface area contributed by atoms with E-state index in [1.54, 1.807) is 14.0 Å². The smallest absolute Gasteiger partial charge is 0.0573 e. The maximum Gasteiger partial charge on any atom is 0.0573 e. The zero-order valence-electron chi connectivity index (χ0n) is 15.1. The van der Waals surface area contributed by atoms with E-state index in [0.29, 0.717) is 0 Å². The molecule has 0 N–H and O–H groups in total. The number of aliphatic imine (C=N–C) groups is 1. The van der Waals surface area contributed by atoms with Crippen molar-refractivity contribution in [2.75, 3.05) is 16.7 Å². The van der Waals surface area contributed by atoms with Gasteiger partial charge in [0, 0.05) is 15.5 Å². The van der Waals surface area contributed by atoms with Crippen molar-refractivity contribution in [2.45, 2.75) is 53.4 Å². The van der Waals surface area contributed by atoms with Crippen LogP contribution < -0.4 is 0 Å². The lowest BCUT2D eigenvalue weighted by Crippen LogP contribution is -2.16. The highest BCUT2D eigenvalue weighted by Gasteiger charge is 2.20. The first-order valence-corrected chi connectivity index (χ1v) is 12.7. The number of nitrogens with zero attached hydrogens (tertiary/aromatic N) is 1. The van der Waals surface area contributed by atoms with Gasteiger partial charge in [0.05, 0.1) is 6.54 Å². The molecule has 2 aliphatic rings. The fraction of sp³-hybridized carbons (Fsp3) is 0.700. The predicted octanol–water partition coefficient (Wildman–Crippen LogP) is 6.26. The van der Waals surface area contributed by atoms with Crippen LogP contribution in [0.1, 0.15) is 53.4 Å². The van der Waals surface area contributed by atoms with E-state index in [2.05, 4.69) is 62.8 Å². The monoisotopic (exact) mass is 445 g/mol. The molecule has 0 aromatic rings. The largest absolute Gasteiger partial charge is 0.288 e. The Morgan fingerprint density at radius 2 is 2.13 bits per heavy atom. The maximum atomic E-state index is 4.51.